The molecule has 0 unspecified atom stereocenters. The van der Waals surface area contributed by atoms with Gasteiger partial charge in [0.2, 0.25) is 0 Å². The van der Waals surface area contributed by atoms with Gasteiger partial charge in [0.15, 0.2) is 5.82 Å². The highest BCUT2D eigenvalue weighted by molar-refractivity contribution is 5.56. The third kappa shape index (κ3) is 4.27. The van der Waals surface area contributed by atoms with Gasteiger partial charge in [0, 0.05) is 67.7 Å². The molecule has 0 radical (unpaired) electrons. The largest absolute Gasteiger partial charge is 0.381 e. The van der Waals surface area contributed by atoms with E-state index in [1.807, 2.05) is 16.9 Å². The monoisotopic (exact) mass is 489 g/mol. The summed E-state index contributed by atoms with van der Waals surface area (Å²) < 4.78 is 7.57. The van der Waals surface area contributed by atoms with Crippen molar-refractivity contribution >= 4 is 0 Å². The highest BCUT2D eigenvalue weighted by Gasteiger charge is 2.55. The lowest BCUT2D eigenvalue weighted by Crippen LogP contribution is -2.63. The molecule has 1 atom stereocenters. The number of nitrogens with zero attached hydrogens (tertiary/aromatic N) is 5. The summed E-state index contributed by atoms with van der Waals surface area (Å²) in [6.45, 7) is 12.6. The molecule has 1 aromatic carbocycles. The second-order valence-corrected chi connectivity index (χ2v) is 11.2. The van der Waals surface area contributed by atoms with E-state index < -0.39 is 5.60 Å². The minimum Gasteiger partial charge on any atom is -0.381 e. The van der Waals surface area contributed by atoms with Crippen LogP contribution < -0.4 is 0 Å². The van der Waals surface area contributed by atoms with Crippen molar-refractivity contribution in [1.82, 2.24) is 24.6 Å². The Morgan fingerprint density at radius 1 is 1.11 bits per heavy atom. The van der Waals surface area contributed by atoms with Crippen LogP contribution >= 0.6 is 0 Å². The van der Waals surface area contributed by atoms with E-state index in [0.717, 1.165) is 68.2 Å². The summed E-state index contributed by atoms with van der Waals surface area (Å²) in [6, 6.07) is 10.5. The molecule has 36 heavy (non-hydrogen) atoms. The number of ether oxygens (including phenoxy) is 1. The standard InChI is InChI=1S/C29H39N5O2/c1-6-34-27(22-11-13-36-14-12-22)31-26(32-34)23-15-25(17-30-16-23)29(35,28(4)18-33(5)19-28)24-9-7-21(8-10-24)20(2)3/h7-10,15-17,20,22,35H,6,11-14,18-19H2,1-5H3/t29-/m0/s1. The Kier molecular flexibility index (Phi) is 6.74. The van der Waals surface area contributed by atoms with Crippen LogP contribution in [0.1, 0.15) is 74.9 Å². The average molecular weight is 490 g/mol. The van der Waals surface area contributed by atoms with Crippen molar-refractivity contribution < 1.29 is 9.84 Å². The highest BCUT2D eigenvalue weighted by Crippen LogP contribution is 2.50. The number of aliphatic hydroxyl groups is 1. The second kappa shape index (κ2) is 9.69. The lowest BCUT2D eigenvalue weighted by atomic mass is 9.62. The summed E-state index contributed by atoms with van der Waals surface area (Å²) in [5.74, 6) is 2.48. The Balaban J connectivity index is 1.56. The van der Waals surface area contributed by atoms with Gasteiger partial charge in [0.25, 0.3) is 0 Å². The second-order valence-electron chi connectivity index (χ2n) is 11.2. The van der Waals surface area contributed by atoms with Crippen LogP contribution in [0.3, 0.4) is 0 Å². The van der Waals surface area contributed by atoms with E-state index in [1.165, 1.54) is 5.56 Å². The molecule has 2 aliphatic rings. The lowest BCUT2D eigenvalue weighted by Gasteiger charge is -2.55. The van der Waals surface area contributed by atoms with Gasteiger partial charge in [-0.1, -0.05) is 45.0 Å². The minimum atomic E-state index is -1.19. The Bertz CT molecular complexity index is 1190. The highest BCUT2D eigenvalue weighted by atomic mass is 16.5. The zero-order chi connectivity index (χ0) is 25.5. The van der Waals surface area contributed by atoms with E-state index in [1.54, 1.807) is 6.20 Å². The number of aromatic nitrogens is 4. The molecule has 192 valence electrons. The molecule has 4 heterocycles. The van der Waals surface area contributed by atoms with Gasteiger partial charge in [-0.3, -0.25) is 4.98 Å². The van der Waals surface area contributed by atoms with Crippen LogP contribution in [0.15, 0.2) is 42.7 Å². The summed E-state index contributed by atoms with van der Waals surface area (Å²) >= 11 is 0. The van der Waals surface area contributed by atoms with Crippen molar-refractivity contribution in [1.29, 1.82) is 0 Å². The zero-order valence-electron chi connectivity index (χ0n) is 22.2. The van der Waals surface area contributed by atoms with E-state index in [0.29, 0.717) is 17.7 Å². The van der Waals surface area contributed by atoms with E-state index in [2.05, 4.69) is 68.9 Å². The number of hydrogen-bond donors (Lipinski definition) is 1. The number of pyridine rings is 1. The molecule has 5 rings (SSSR count). The first kappa shape index (κ1) is 25.1. The summed E-state index contributed by atoms with van der Waals surface area (Å²) in [7, 11) is 2.10. The quantitative estimate of drug-likeness (QED) is 0.524. The smallest absolute Gasteiger partial charge is 0.182 e. The number of aryl methyl sites for hydroxylation is 1. The fraction of sp³-hybridized carbons (Fsp3) is 0.552. The molecule has 0 aliphatic carbocycles. The van der Waals surface area contributed by atoms with Crippen molar-refractivity contribution in [2.45, 2.75) is 64.5 Å². The molecule has 2 aliphatic heterocycles. The molecule has 2 fully saturated rings. The van der Waals surface area contributed by atoms with Gasteiger partial charge in [0.05, 0.1) is 0 Å². The maximum Gasteiger partial charge on any atom is 0.182 e. The molecular formula is C29H39N5O2. The first-order valence-electron chi connectivity index (χ1n) is 13.2. The first-order chi connectivity index (χ1) is 17.2. The molecule has 0 amide bonds. The van der Waals surface area contributed by atoms with E-state index in [-0.39, 0.29) is 5.41 Å². The predicted octanol–water partition coefficient (Wildman–Crippen LogP) is 4.57. The molecule has 7 nitrogen and oxygen atoms in total. The fourth-order valence-electron chi connectivity index (χ4n) is 6.07. The van der Waals surface area contributed by atoms with Crippen molar-refractivity contribution in [3.8, 4) is 11.4 Å². The van der Waals surface area contributed by atoms with Crippen LogP contribution in [0, 0.1) is 5.41 Å². The maximum atomic E-state index is 12.5. The fourth-order valence-corrected chi connectivity index (χ4v) is 6.07. The lowest BCUT2D eigenvalue weighted by molar-refractivity contribution is -0.127. The van der Waals surface area contributed by atoms with Gasteiger partial charge >= 0.3 is 0 Å². The van der Waals surface area contributed by atoms with E-state index >= 15 is 0 Å². The Morgan fingerprint density at radius 2 is 1.81 bits per heavy atom. The number of rotatable bonds is 7. The van der Waals surface area contributed by atoms with Crippen LogP contribution in [0.5, 0.6) is 0 Å². The SMILES string of the molecule is CCn1nc(-c2cncc([C@@](O)(c3ccc(C(C)C)cc3)C3(C)CN(C)C3)c2)nc1C1CCOCC1. The summed E-state index contributed by atoms with van der Waals surface area (Å²) in [6.07, 6.45) is 5.55. The van der Waals surface area contributed by atoms with Gasteiger partial charge in [-0.05, 0) is 49.9 Å². The van der Waals surface area contributed by atoms with Crippen molar-refractivity contribution in [2.24, 2.45) is 5.41 Å². The molecule has 7 heteroatoms. The third-order valence-electron chi connectivity index (χ3n) is 8.11. The van der Waals surface area contributed by atoms with Gasteiger partial charge in [-0.2, -0.15) is 5.10 Å². The van der Waals surface area contributed by atoms with Crippen molar-refractivity contribution in [3.63, 3.8) is 0 Å². The summed E-state index contributed by atoms with van der Waals surface area (Å²) in [5.41, 5.74) is 2.25. The van der Waals surface area contributed by atoms with Crippen LogP contribution in [0.25, 0.3) is 11.4 Å². The number of benzene rings is 1. The molecule has 0 bridgehead atoms. The van der Waals surface area contributed by atoms with Crippen LogP contribution in [-0.4, -0.2) is 63.1 Å². The zero-order valence-corrected chi connectivity index (χ0v) is 22.2. The molecule has 2 aromatic heterocycles. The minimum absolute atomic E-state index is 0.342. The van der Waals surface area contributed by atoms with E-state index in [9.17, 15) is 5.11 Å². The van der Waals surface area contributed by atoms with E-state index in [4.69, 9.17) is 14.8 Å². The van der Waals surface area contributed by atoms with Gasteiger partial charge in [0.1, 0.15) is 11.4 Å². The summed E-state index contributed by atoms with van der Waals surface area (Å²) in [4.78, 5) is 11.8. The molecule has 1 N–H and O–H groups in total. The molecular weight excluding hydrogens is 450 g/mol. The first-order valence-corrected chi connectivity index (χ1v) is 13.2. The van der Waals surface area contributed by atoms with Crippen LogP contribution in [0.2, 0.25) is 0 Å². The molecule has 3 aromatic rings. The molecule has 0 spiro atoms. The maximum absolute atomic E-state index is 12.5. The normalized spacial score (nSPS) is 20.3. The van der Waals surface area contributed by atoms with Gasteiger partial charge in [-0.25, -0.2) is 9.67 Å². The van der Waals surface area contributed by atoms with Gasteiger partial charge < -0.3 is 14.7 Å². The molecule has 2 saturated heterocycles. The topological polar surface area (TPSA) is 76.3 Å². The van der Waals surface area contributed by atoms with Crippen molar-refractivity contribution in [3.05, 3.63) is 65.2 Å². The number of likely N-dealkylation sites (tertiary alicyclic amines) is 1. The predicted molar refractivity (Wildman–Crippen MR) is 141 cm³/mol. The summed E-state index contributed by atoms with van der Waals surface area (Å²) in [5, 5.41) is 17.4. The Hall–Kier alpha value is -2.61. The Labute approximate surface area is 214 Å². The van der Waals surface area contributed by atoms with Crippen LogP contribution in [-0.2, 0) is 16.9 Å². The third-order valence-corrected chi connectivity index (χ3v) is 8.11. The molecule has 0 saturated carbocycles. The van der Waals surface area contributed by atoms with Crippen molar-refractivity contribution in [2.75, 3.05) is 33.4 Å². The van der Waals surface area contributed by atoms with Gasteiger partial charge in [-0.15, -0.1) is 0 Å². The Morgan fingerprint density at radius 3 is 2.42 bits per heavy atom. The number of hydrogen-bond acceptors (Lipinski definition) is 6. The van der Waals surface area contributed by atoms with Crippen LogP contribution in [0.4, 0.5) is 0 Å². The average Bonchev–Trinajstić information content (AvgIpc) is 3.33.